The van der Waals surface area contributed by atoms with Crippen molar-refractivity contribution in [2.45, 2.75) is 72.0 Å². The van der Waals surface area contributed by atoms with Crippen LogP contribution in [0.5, 0.6) is 0 Å². The number of aliphatic imine (C=N–C) groups is 1. The van der Waals surface area contributed by atoms with E-state index in [1.807, 2.05) is 11.3 Å². The summed E-state index contributed by atoms with van der Waals surface area (Å²) in [6.07, 6.45) is 5.73. The van der Waals surface area contributed by atoms with Gasteiger partial charge in [-0.15, -0.1) is 45.5 Å². The van der Waals surface area contributed by atoms with E-state index >= 15 is 0 Å². The molecule has 0 saturated heterocycles. The van der Waals surface area contributed by atoms with E-state index in [0.29, 0.717) is 12.6 Å². The van der Waals surface area contributed by atoms with Gasteiger partial charge in [0.2, 0.25) is 0 Å². The number of rotatable bonds is 6. The van der Waals surface area contributed by atoms with Crippen molar-refractivity contribution in [2.75, 3.05) is 6.54 Å². The lowest BCUT2D eigenvalue weighted by atomic mass is 10.2. The molecule has 0 spiro atoms. The highest BCUT2D eigenvalue weighted by atomic mass is 127. The molecule has 2 aromatic heterocycles. The highest BCUT2D eigenvalue weighted by Crippen LogP contribution is 2.17. The van der Waals surface area contributed by atoms with Crippen molar-refractivity contribution in [3.05, 3.63) is 33.5 Å². The van der Waals surface area contributed by atoms with Gasteiger partial charge in [0.15, 0.2) is 11.8 Å². The number of nitrogens with one attached hydrogen (secondary N) is 2. The van der Waals surface area contributed by atoms with E-state index in [0.717, 1.165) is 43.5 Å². The minimum absolute atomic E-state index is 0. The number of hydrogen-bond acceptors (Lipinski definition) is 4. The first kappa shape index (κ1) is 22.1. The molecule has 0 aromatic carbocycles. The standard InChI is InChI=1S/C19H30N6S.HI/c1-4-20-19(22-14(2)12-16-10-9-15(3)26-16)21-13-18-24-23-17-8-6-5-7-11-25(17)18;/h9-10,14H,4-8,11-13H2,1-3H3,(H2,20,21,22);1H. The number of nitrogens with zero attached hydrogens (tertiary/aromatic N) is 4. The molecule has 2 N–H and O–H groups in total. The van der Waals surface area contributed by atoms with Gasteiger partial charge in [0, 0.05) is 41.7 Å². The highest BCUT2D eigenvalue weighted by molar-refractivity contribution is 14.0. The summed E-state index contributed by atoms with van der Waals surface area (Å²) in [5.74, 6) is 2.94. The molecular weight excluding hydrogens is 471 g/mol. The molecule has 2 aromatic rings. The van der Waals surface area contributed by atoms with Crippen LogP contribution in [0.15, 0.2) is 17.1 Å². The third kappa shape index (κ3) is 6.44. The van der Waals surface area contributed by atoms with Crippen LogP contribution in [-0.4, -0.2) is 33.3 Å². The Balaban J connectivity index is 0.00000261. The molecule has 1 aliphatic rings. The van der Waals surface area contributed by atoms with Crippen molar-refractivity contribution < 1.29 is 0 Å². The second-order valence-electron chi connectivity index (χ2n) is 6.95. The van der Waals surface area contributed by atoms with Crippen LogP contribution in [0.2, 0.25) is 0 Å². The Kier molecular flexibility index (Phi) is 9.01. The Labute approximate surface area is 183 Å². The number of halogens is 1. The van der Waals surface area contributed by atoms with Crippen molar-refractivity contribution in [3.8, 4) is 0 Å². The number of aryl methyl sites for hydroxylation is 2. The van der Waals surface area contributed by atoms with E-state index < -0.39 is 0 Å². The van der Waals surface area contributed by atoms with Crippen molar-refractivity contribution in [3.63, 3.8) is 0 Å². The maximum absolute atomic E-state index is 4.76. The molecule has 0 fully saturated rings. The number of fused-ring (bicyclic) bond motifs is 1. The average Bonchev–Trinajstić information content (AvgIpc) is 3.11. The summed E-state index contributed by atoms with van der Waals surface area (Å²) in [4.78, 5) is 7.52. The molecule has 1 unspecified atom stereocenters. The maximum atomic E-state index is 4.76. The van der Waals surface area contributed by atoms with Gasteiger partial charge in [0.25, 0.3) is 0 Å². The Morgan fingerprint density at radius 3 is 2.89 bits per heavy atom. The van der Waals surface area contributed by atoms with Crippen LogP contribution in [0.3, 0.4) is 0 Å². The van der Waals surface area contributed by atoms with Crippen molar-refractivity contribution in [2.24, 2.45) is 4.99 Å². The number of aromatic nitrogens is 3. The van der Waals surface area contributed by atoms with E-state index in [1.165, 1.54) is 29.0 Å². The third-order valence-corrected chi connectivity index (χ3v) is 5.62. The van der Waals surface area contributed by atoms with Crippen LogP contribution in [0.4, 0.5) is 0 Å². The van der Waals surface area contributed by atoms with Crippen molar-refractivity contribution in [1.29, 1.82) is 0 Å². The Bertz CT molecular complexity index is 738. The molecule has 1 atom stereocenters. The van der Waals surface area contributed by atoms with E-state index in [2.05, 4.69) is 58.3 Å². The van der Waals surface area contributed by atoms with Gasteiger partial charge < -0.3 is 15.2 Å². The van der Waals surface area contributed by atoms with Crippen LogP contribution in [0, 0.1) is 6.92 Å². The summed E-state index contributed by atoms with van der Waals surface area (Å²) in [5.41, 5.74) is 0. The molecule has 0 radical (unpaired) electrons. The lowest BCUT2D eigenvalue weighted by molar-refractivity contribution is 0.603. The van der Waals surface area contributed by atoms with Crippen LogP contribution < -0.4 is 10.6 Å². The lowest BCUT2D eigenvalue weighted by Crippen LogP contribution is -2.43. The summed E-state index contributed by atoms with van der Waals surface area (Å²) in [7, 11) is 0. The van der Waals surface area contributed by atoms with Gasteiger partial charge in [0.05, 0.1) is 0 Å². The zero-order chi connectivity index (χ0) is 18.4. The first-order chi connectivity index (χ1) is 12.7. The SMILES string of the molecule is CCNC(=NCc1nnc2n1CCCCC2)NC(C)Cc1ccc(C)s1.I. The van der Waals surface area contributed by atoms with Crippen LogP contribution in [0.25, 0.3) is 0 Å². The molecule has 0 bridgehead atoms. The fraction of sp³-hybridized carbons (Fsp3) is 0.632. The van der Waals surface area contributed by atoms with Gasteiger partial charge in [-0.05, 0) is 45.7 Å². The summed E-state index contributed by atoms with van der Waals surface area (Å²) < 4.78 is 2.26. The fourth-order valence-electron chi connectivity index (χ4n) is 3.31. The lowest BCUT2D eigenvalue weighted by Gasteiger charge is -2.17. The molecule has 1 aliphatic heterocycles. The zero-order valence-electron chi connectivity index (χ0n) is 16.5. The second-order valence-corrected chi connectivity index (χ2v) is 8.32. The molecule has 6 nitrogen and oxygen atoms in total. The van der Waals surface area contributed by atoms with Crippen LogP contribution in [-0.2, 0) is 25.9 Å². The van der Waals surface area contributed by atoms with Crippen molar-refractivity contribution >= 4 is 41.3 Å². The first-order valence-corrected chi connectivity index (χ1v) is 10.5. The van der Waals surface area contributed by atoms with Gasteiger partial charge in [0.1, 0.15) is 12.4 Å². The first-order valence-electron chi connectivity index (χ1n) is 9.67. The van der Waals surface area contributed by atoms with Gasteiger partial charge in [-0.25, -0.2) is 4.99 Å². The topological polar surface area (TPSA) is 67.1 Å². The van der Waals surface area contributed by atoms with Crippen molar-refractivity contribution in [1.82, 2.24) is 25.4 Å². The Hall–Kier alpha value is -1.16. The van der Waals surface area contributed by atoms with Gasteiger partial charge in [-0.2, -0.15) is 0 Å². The average molecular weight is 502 g/mol. The quantitative estimate of drug-likeness (QED) is 0.360. The van der Waals surface area contributed by atoms with Crippen LogP contribution in [0.1, 0.15) is 54.5 Å². The van der Waals surface area contributed by atoms with Gasteiger partial charge in [-0.1, -0.05) is 6.42 Å². The summed E-state index contributed by atoms with van der Waals surface area (Å²) in [6.45, 7) is 8.87. The van der Waals surface area contributed by atoms with Gasteiger partial charge >= 0.3 is 0 Å². The Morgan fingerprint density at radius 2 is 2.15 bits per heavy atom. The molecule has 27 heavy (non-hydrogen) atoms. The molecule has 0 aliphatic carbocycles. The largest absolute Gasteiger partial charge is 0.357 e. The molecule has 0 saturated carbocycles. The molecule has 8 heteroatoms. The highest BCUT2D eigenvalue weighted by Gasteiger charge is 2.14. The van der Waals surface area contributed by atoms with Crippen LogP contribution >= 0.6 is 35.3 Å². The Morgan fingerprint density at radius 1 is 1.30 bits per heavy atom. The van der Waals surface area contributed by atoms with E-state index in [-0.39, 0.29) is 24.0 Å². The predicted octanol–water partition coefficient (Wildman–Crippen LogP) is 3.68. The van der Waals surface area contributed by atoms with E-state index in [1.54, 1.807) is 0 Å². The monoisotopic (exact) mass is 502 g/mol. The molecule has 3 rings (SSSR count). The zero-order valence-corrected chi connectivity index (χ0v) is 19.6. The van der Waals surface area contributed by atoms with Gasteiger partial charge in [-0.3, -0.25) is 0 Å². The smallest absolute Gasteiger partial charge is 0.191 e. The second kappa shape index (κ2) is 11.0. The molecule has 0 amide bonds. The normalized spacial score (nSPS) is 15.4. The van der Waals surface area contributed by atoms with E-state index in [4.69, 9.17) is 4.99 Å². The molecular formula is C19H31IN6S. The summed E-state index contributed by atoms with van der Waals surface area (Å²) >= 11 is 1.86. The minimum atomic E-state index is 0. The number of guanidine groups is 1. The number of hydrogen-bond donors (Lipinski definition) is 2. The minimum Gasteiger partial charge on any atom is -0.357 e. The third-order valence-electron chi connectivity index (χ3n) is 4.60. The summed E-state index contributed by atoms with van der Waals surface area (Å²) in [5, 5.41) is 15.6. The summed E-state index contributed by atoms with van der Waals surface area (Å²) in [6, 6.07) is 4.72. The molecule has 150 valence electrons. The van der Waals surface area contributed by atoms with E-state index in [9.17, 15) is 0 Å². The maximum Gasteiger partial charge on any atom is 0.191 e. The molecule has 3 heterocycles. The fourth-order valence-corrected chi connectivity index (χ4v) is 4.33. The predicted molar refractivity (Wildman–Crippen MR) is 123 cm³/mol. The number of thiophene rings is 1.